The number of ketones is 1. The summed E-state index contributed by atoms with van der Waals surface area (Å²) in [6.07, 6.45) is 1.64. The van der Waals surface area contributed by atoms with Crippen molar-refractivity contribution in [2.24, 2.45) is 0 Å². The van der Waals surface area contributed by atoms with Crippen LogP contribution < -0.4 is 0 Å². The number of benzene rings is 1. The Labute approximate surface area is 92.8 Å². The molecule has 0 aliphatic heterocycles. The largest absolute Gasteiger partial charge is 0.507 e. The molecule has 0 atom stereocenters. The SMILES string of the molecule is O=C(/C=C(\O)c1ccc(F)cc1)CCCO. The quantitative estimate of drug-likeness (QED) is 0.594. The molecule has 0 spiro atoms. The van der Waals surface area contributed by atoms with Gasteiger partial charge in [-0.1, -0.05) is 0 Å². The highest BCUT2D eigenvalue weighted by atomic mass is 19.1. The van der Waals surface area contributed by atoms with Crippen LogP contribution in [0.5, 0.6) is 0 Å². The molecule has 0 fully saturated rings. The van der Waals surface area contributed by atoms with Crippen molar-refractivity contribution >= 4 is 11.5 Å². The van der Waals surface area contributed by atoms with E-state index < -0.39 is 5.82 Å². The van der Waals surface area contributed by atoms with Crippen molar-refractivity contribution in [3.8, 4) is 0 Å². The predicted octanol–water partition coefficient (Wildman–Crippen LogP) is 2.07. The molecule has 0 aromatic heterocycles. The molecule has 1 rings (SSSR count). The summed E-state index contributed by atoms with van der Waals surface area (Å²) in [7, 11) is 0. The van der Waals surface area contributed by atoms with E-state index in [1.807, 2.05) is 0 Å². The van der Waals surface area contributed by atoms with Gasteiger partial charge in [0.05, 0.1) is 0 Å². The van der Waals surface area contributed by atoms with Gasteiger partial charge in [-0.15, -0.1) is 0 Å². The lowest BCUT2D eigenvalue weighted by atomic mass is 10.1. The monoisotopic (exact) mass is 224 g/mol. The second kappa shape index (κ2) is 6.02. The maximum absolute atomic E-state index is 12.6. The van der Waals surface area contributed by atoms with Crippen LogP contribution in [0.3, 0.4) is 0 Å². The Kier molecular flexibility index (Phi) is 4.66. The molecule has 0 amide bonds. The topological polar surface area (TPSA) is 57.5 Å². The second-order valence-electron chi connectivity index (χ2n) is 3.33. The molecule has 0 heterocycles. The van der Waals surface area contributed by atoms with Gasteiger partial charge in [-0.25, -0.2) is 4.39 Å². The normalized spacial score (nSPS) is 11.5. The highest BCUT2D eigenvalue weighted by molar-refractivity contribution is 5.95. The van der Waals surface area contributed by atoms with Crippen molar-refractivity contribution in [1.29, 1.82) is 0 Å². The fraction of sp³-hybridized carbons (Fsp3) is 0.250. The maximum Gasteiger partial charge on any atom is 0.159 e. The van der Waals surface area contributed by atoms with Crippen LogP contribution in [-0.2, 0) is 4.79 Å². The van der Waals surface area contributed by atoms with Gasteiger partial charge in [0.2, 0.25) is 0 Å². The van der Waals surface area contributed by atoms with Crippen molar-refractivity contribution in [3.05, 3.63) is 41.7 Å². The molecule has 0 unspecified atom stereocenters. The molecular weight excluding hydrogens is 211 g/mol. The van der Waals surface area contributed by atoms with Crippen molar-refractivity contribution in [2.45, 2.75) is 12.8 Å². The first-order chi connectivity index (χ1) is 7.63. The third-order valence-electron chi connectivity index (χ3n) is 2.02. The maximum atomic E-state index is 12.6. The Bertz CT molecular complexity index is 382. The van der Waals surface area contributed by atoms with E-state index >= 15 is 0 Å². The van der Waals surface area contributed by atoms with Gasteiger partial charge in [0.15, 0.2) is 5.78 Å². The predicted molar refractivity (Wildman–Crippen MR) is 58.3 cm³/mol. The molecule has 0 aliphatic rings. The van der Waals surface area contributed by atoms with Crippen LogP contribution >= 0.6 is 0 Å². The molecule has 86 valence electrons. The summed E-state index contributed by atoms with van der Waals surface area (Å²) in [6.45, 7) is -0.0586. The van der Waals surface area contributed by atoms with E-state index in [1.165, 1.54) is 24.3 Å². The number of aliphatic hydroxyl groups excluding tert-OH is 2. The van der Waals surface area contributed by atoms with Crippen molar-refractivity contribution in [1.82, 2.24) is 0 Å². The highest BCUT2D eigenvalue weighted by Gasteiger charge is 2.03. The van der Waals surface area contributed by atoms with Gasteiger partial charge >= 0.3 is 0 Å². The van der Waals surface area contributed by atoms with Gasteiger partial charge in [-0.05, 0) is 30.7 Å². The molecule has 0 saturated carbocycles. The smallest absolute Gasteiger partial charge is 0.159 e. The Morgan fingerprint density at radius 1 is 1.31 bits per heavy atom. The second-order valence-corrected chi connectivity index (χ2v) is 3.33. The molecule has 4 heteroatoms. The Morgan fingerprint density at radius 2 is 1.94 bits per heavy atom. The van der Waals surface area contributed by atoms with E-state index in [-0.39, 0.29) is 24.6 Å². The Morgan fingerprint density at radius 3 is 2.50 bits per heavy atom. The number of aliphatic hydroxyl groups is 2. The first kappa shape index (κ1) is 12.4. The molecule has 16 heavy (non-hydrogen) atoms. The van der Waals surface area contributed by atoms with Crippen LogP contribution in [-0.4, -0.2) is 22.6 Å². The summed E-state index contributed by atoms with van der Waals surface area (Å²) in [5, 5.41) is 18.1. The number of carbonyl (C=O) groups is 1. The highest BCUT2D eigenvalue weighted by Crippen LogP contribution is 2.12. The minimum Gasteiger partial charge on any atom is -0.507 e. The molecule has 0 aliphatic carbocycles. The van der Waals surface area contributed by atoms with Crippen LogP contribution in [0, 0.1) is 5.82 Å². The minimum atomic E-state index is -0.400. The molecule has 1 aromatic rings. The van der Waals surface area contributed by atoms with Gasteiger partial charge in [-0.2, -0.15) is 0 Å². The van der Waals surface area contributed by atoms with Crippen LogP contribution in [0.1, 0.15) is 18.4 Å². The Hall–Kier alpha value is -1.68. The molecule has 0 radical (unpaired) electrons. The number of rotatable bonds is 5. The summed E-state index contributed by atoms with van der Waals surface area (Å²) in [4.78, 5) is 11.2. The number of hydrogen-bond acceptors (Lipinski definition) is 3. The summed E-state index contributed by atoms with van der Waals surface area (Å²) in [5.41, 5.74) is 0.388. The van der Waals surface area contributed by atoms with Gasteiger partial charge in [0.25, 0.3) is 0 Å². The van der Waals surface area contributed by atoms with Crippen LogP contribution in [0.25, 0.3) is 5.76 Å². The minimum absolute atomic E-state index is 0.0586. The van der Waals surface area contributed by atoms with E-state index in [0.29, 0.717) is 12.0 Å². The summed E-state index contributed by atoms with van der Waals surface area (Å²) < 4.78 is 12.6. The van der Waals surface area contributed by atoms with Crippen molar-refractivity contribution in [2.75, 3.05) is 6.61 Å². The average molecular weight is 224 g/mol. The van der Waals surface area contributed by atoms with Crippen molar-refractivity contribution in [3.63, 3.8) is 0 Å². The zero-order chi connectivity index (χ0) is 12.0. The van der Waals surface area contributed by atoms with Crippen LogP contribution in [0.4, 0.5) is 4.39 Å². The fourth-order valence-electron chi connectivity index (χ4n) is 1.18. The van der Waals surface area contributed by atoms with Gasteiger partial charge in [0.1, 0.15) is 11.6 Å². The van der Waals surface area contributed by atoms with Gasteiger partial charge < -0.3 is 10.2 Å². The van der Waals surface area contributed by atoms with Crippen LogP contribution in [0.2, 0.25) is 0 Å². The van der Waals surface area contributed by atoms with E-state index in [4.69, 9.17) is 5.11 Å². The van der Waals surface area contributed by atoms with Crippen LogP contribution in [0.15, 0.2) is 30.3 Å². The van der Waals surface area contributed by atoms with E-state index in [1.54, 1.807) is 0 Å². The standard InChI is InChI=1S/C12H13FO3/c13-10-5-3-9(4-6-10)12(16)8-11(15)2-1-7-14/h3-6,8,14,16H,1-2,7H2/b12-8-. The van der Waals surface area contributed by atoms with E-state index in [9.17, 15) is 14.3 Å². The Balaban J connectivity index is 2.69. The van der Waals surface area contributed by atoms with E-state index in [0.717, 1.165) is 6.08 Å². The molecule has 0 saturated heterocycles. The molecule has 2 N–H and O–H groups in total. The first-order valence-electron chi connectivity index (χ1n) is 4.94. The van der Waals surface area contributed by atoms with E-state index in [2.05, 4.69) is 0 Å². The van der Waals surface area contributed by atoms with Gasteiger partial charge in [0, 0.05) is 24.7 Å². The summed E-state index contributed by atoms with van der Waals surface area (Å²) in [5.74, 6) is -0.859. The summed E-state index contributed by atoms with van der Waals surface area (Å²) >= 11 is 0. The third-order valence-corrected chi connectivity index (χ3v) is 2.02. The zero-order valence-corrected chi connectivity index (χ0v) is 8.69. The average Bonchev–Trinajstić information content (AvgIpc) is 2.27. The zero-order valence-electron chi connectivity index (χ0n) is 8.69. The fourth-order valence-corrected chi connectivity index (χ4v) is 1.18. The van der Waals surface area contributed by atoms with Gasteiger partial charge in [-0.3, -0.25) is 4.79 Å². The number of allylic oxidation sites excluding steroid dienone is 1. The number of carbonyl (C=O) groups excluding carboxylic acids is 1. The molecular formula is C12H13FO3. The molecule has 0 bridgehead atoms. The van der Waals surface area contributed by atoms with Crippen molar-refractivity contribution < 1.29 is 19.4 Å². The molecule has 3 nitrogen and oxygen atoms in total. The number of halogens is 1. The number of hydrogen-bond donors (Lipinski definition) is 2. The lowest BCUT2D eigenvalue weighted by Crippen LogP contribution is -1.97. The lowest BCUT2D eigenvalue weighted by molar-refractivity contribution is -0.114. The summed E-state index contributed by atoms with van der Waals surface area (Å²) in [6, 6.07) is 5.19. The lowest BCUT2D eigenvalue weighted by Gasteiger charge is -1.99. The third kappa shape index (κ3) is 3.82. The first-order valence-corrected chi connectivity index (χ1v) is 4.94. The molecule has 1 aromatic carbocycles.